The fourth-order valence-electron chi connectivity index (χ4n) is 0.292. The van der Waals surface area contributed by atoms with Gasteiger partial charge < -0.3 is 10.5 Å². The molecule has 2 amide bonds. The number of hydroxylamine groups is 2. The van der Waals surface area contributed by atoms with E-state index >= 15 is 0 Å². The van der Waals surface area contributed by atoms with Gasteiger partial charge in [-0.25, -0.2) is 4.79 Å². The molecule has 0 aliphatic rings. The Bertz CT molecular complexity index is 139. The fourth-order valence-corrected chi connectivity index (χ4v) is 0.292. The fraction of sp³-hybridized carbons (Fsp3) is 0.500. The molecule has 0 aromatic heterocycles. The van der Waals surface area contributed by atoms with Gasteiger partial charge in [0.15, 0.2) is 0 Å². The van der Waals surface area contributed by atoms with Crippen LogP contribution in [0.5, 0.6) is 0 Å². The van der Waals surface area contributed by atoms with Gasteiger partial charge in [0, 0.05) is 6.54 Å². The zero-order chi connectivity index (χ0) is 7.28. The lowest BCUT2D eigenvalue weighted by Gasteiger charge is -2.07. The first-order valence-electron chi connectivity index (χ1n) is 2.44. The predicted molar refractivity (Wildman–Crippen MR) is 29.0 cm³/mol. The first-order valence-corrected chi connectivity index (χ1v) is 2.44. The van der Waals surface area contributed by atoms with E-state index in [-0.39, 0.29) is 0 Å². The lowest BCUT2D eigenvalue weighted by molar-refractivity contribution is -0.680. The third-order valence-corrected chi connectivity index (χ3v) is 0.645. The normalized spacial score (nSPS) is 11.7. The smallest absolute Gasteiger partial charge is 0.429 e. The minimum Gasteiger partial charge on any atom is -0.609 e. The molecule has 0 spiro atoms. The molecule has 0 radical (unpaired) electrons. The van der Waals surface area contributed by atoms with Crippen LogP contribution in [0.1, 0.15) is 6.92 Å². The highest BCUT2D eigenvalue weighted by Gasteiger charge is 2.05. The molecule has 1 atom stereocenters. The number of hydrogen-bond acceptors (Lipinski definition) is 3. The summed E-state index contributed by atoms with van der Waals surface area (Å²) in [6.45, 7) is 2.04. The minimum atomic E-state index is -1.04. The number of amides is 2. The van der Waals surface area contributed by atoms with Gasteiger partial charge in [-0.2, -0.15) is 5.06 Å². The summed E-state index contributed by atoms with van der Waals surface area (Å²) in [7, 11) is 0. The molecule has 0 saturated heterocycles. The SMILES string of the molecule is CCNC(=O)[NH+]([O-])C#N. The number of quaternary nitrogens is 1. The van der Waals surface area contributed by atoms with E-state index in [1.165, 1.54) is 6.19 Å². The van der Waals surface area contributed by atoms with Gasteiger partial charge in [0.25, 0.3) is 0 Å². The Kier molecular flexibility index (Phi) is 3.35. The predicted octanol–water partition coefficient (Wildman–Crippen LogP) is -1.42. The molecule has 0 bridgehead atoms. The number of carbonyl (C=O) groups excluding carboxylic acids is 1. The van der Waals surface area contributed by atoms with Gasteiger partial charge in [-0.05, 0) is 6.92 Å². The van der Waals surface area contributed by atoms with E-state index in [9.17, 15) is 10.0 Å². The minimum absolute atomic E-state index is 0.367. The summed E-state index contributed by atoms with van der Waals surface area (Å²) in [5, 5.41) is 19.1. The van der Waals surface area contributed by atoms with Crippen molar-refractivity contribution in [2.45, 2.75) is 6.92 Å². The largest absolute Gasteiger partial charge is 0.609 e. The van der Waals surface area contributed by atoms with Crippen molar-refractivity contribution in [2.75, 3.05) is 6.54 Å². The Labute approximate surface area is 52.4 Å². The Balaban J connectivity index is 3.63. The van der Waals surface area contributed by atoms with Crippen LogP contribution >= 0.6 is 0 Å². The van der Waals surface area contributed by atoms with Crippen LogP contribution in [0.3, 0.4) is 0 Å². The summed E-state index contributed by atoms with van der Waals surface area (Å²) in [5.41, 5.74) is 0. The van der Waals surface area contributed by atoms with Crippen LogP contribution in [0, 0.1) is 16.7 Å². The summed E-state index contributed by atoms with van der Waals surface area (Å²) in [4.78, 5) is 10.3. The van der Waals surface area contributed by atoms with E-state index in [4.69, 9.17) is 5.26 Å². The summed E-state index contributed by atoms with van der Waals surface area (Å²) in [6.07, 6.45) is 1.20. The number of rotatable bonds is 1. The molecule has 0 saturated carbocycles. The lowest BCUT2D eigenvalue weighted by Crippen LogP contribution is -3.07. The number of urea groups is 1. The second kappa shape index (κ2) is 3.83. The number of nitrogens with one attached hydrogen (secondary N) is 2. The number of nitriles is 1. The number of nitrogens with zero attached hydrogens (tertiary/aromatic N) is 1. The quantitative estimate of drug-likeness (QED) is 0.337. The number of carbonyl (C=O) groups is 1. The van der Waals surface area contributed by atoms with Crippen LogP contribution in [0.4, 0.5) is 4.79 Å². The Hall–Kier alpha value is -1.12. The van der Waals surface area contributed by atoms with Crippen LogP contribution in [-0.2, 0) is 0 Å². The zero-order valence-electron chi connectivity index (χ0n) is 4.97. The highest BCUT2D eigenvalue weighted by Crippen LogP contribution is 1.52. The first kappa shape index (κ1) is 7.88. The summed E-state index contributed by atoms with van der Waals surface area (Å²) >= 11 is 0. The molecule has 0 aromatic rings. The van der Waals surface area contributed by atoms with Crippen LogP contribution in [0.15, 0.2) is 0 Å². The monoisotopic (exact) mass is 129 g/mol. The average molecular weight is 129 g/mol. The van der Waals surface area contributed by atoms with Gasteiger partial charge in [-0.15, -0.1) is 5.26 Å². The van der Waals surface area contributed by atoms with Crippen molar-refractivity contribution in [1.29, 1.82) is 5.26 Å². The van der Waals surface area contributed by atoms with E-state index < -0.39 is 11.1 Å². The molecule has 5 nitrogen and oxygen atoms in total. The lowest BCUT2D eigenvalue weighted by atomic mass is 10.7. The topological polar surface area (TPSA) is 80.4 Å². The van der Waals surface area contributed by atoms with Gasteiger partial charge in [0.2, 0.25) is 0 Å². The molecule has 0 aliphatic carbocycles. The molecule has 0 rings (SSSR count). The number of hydrogen-bond donors (Lipinski definition) is 2. The molecule has 50 valence electrons. The van der Waals surface area contributed by atoms with E-state index in [1.807, 2.05) is 0 Å². The third kappa shape index (κ3) is 2.64. The third-order valence-electron chi connectivity index (χ3n) is 0.645. The van der Waals surface area contributed by atoms with Crippen molar-refractivity contribution in [1.82, 2.24) is 5.32 Å². The van der Waals surface area contributed by atoms with Crippen LogP contribution in [0.2, 0.25) is 0 Å². The van der Waals surface area contributed by atoms with Crippen molar-refractivity contribution in [3.05, 3.63) is 5.21 Å². The van der Waals surface area contributed by atoms with Crippen LogP contribution in [-0.4, -0.2) is 12.6 Å². The summed E-state index contributed by atoms with van der Waals surface area (Å²) in [5.74, 6) is 0. The van der Waals surface area contributed by atoms with Crippen molar-refractivity contribution in [2.24, 2.45) is 0 Å². The highest BCUT2D eigenvalue weighted by atomic mass is 16.5. The van der Waals surface area contributed by atoms with Gasteiger partial charge in [-0.1, -0.05) is 0 Å². The van der Waals surface area contributed by atoms with E-state index in [0.717, 1.165) is 0 Å². The maximum absolute atomic E-state index is 10.3. The molecule has 0 fully saturated rings. The van der Waals surface area contributed by atoms with Crippen molar-refractivity contribution in [3.63, 3.8) is 0 Å². The Morgan fingerprint density at radius 2 is 2.56 bits per heavy atom. The summed E-state index contributed by atoms with van der Waals surface area (Å²) < 4.78 is 0. The maximum atomic E-state index is 10.3. The Morgan fingerprint density at radius 3 is 2.89 bits per heavy atom. The van der Waals surface area contributed by atoms with Crippen LogP contribution < -0.4 is 10.4 Å². The van der Waals surface area contributed by atoms with E-state index in [1.54, 1.807) is 6.92 Å². The highest BCUT2D eigenvalue weighted by molar-refractivity contribution is 5.65. The average Bonchev–Trinajstić information content (AvgIpc) is 1.87. The molecule has 5 heteroatoms. The molecule has 2 N–H and O–H groups in total. The van der Waals surface area contributed by atoms with Gasteiger partial charge >= 0.3 is 12.2 Å². The van der Waals surface area contributed by atoms with Crippen molar-refractivity contribution >= 4 is 6.03 Å². The first-order chi connectivity index (χ1) is 4.22. The van der Waals surface area contributed by atoms with Gasteiger partial charge in [-0.3, -0.25) is 0 Å². The van der Waals surface area contributed by atoms with E-state index in [2.05, 4.69) is 5.32 Å². The van der Waals surface area contributed by atoms with Crippen molar-refractivity contribution < 1.29 is 9.86 Å². The van der Waals surface area contributed by atoms with Crippen molar-refractivity contribution in [3.8, 4) is 6.19 Å². The Morgan fingerprint density at radius 1 is 2.00 bits per heavy atom. The summed E-state index contributed by atoms with van der Waals surface area (Å²) in [6, 6.07) is -0.833. The second-order valence-corrected chi connectivity index (χ2v) is 1.30. The second-order valence-electron chi connectivity index (χ2n) is 1.30. The molecule has 1 unspecified atom stereocenters. The molecular weight excluding hydrogens is 122 g/mol. The molecular formula is C4H7N3O2. The maximum Gasteiger partial charge on any atom is 0.429 e. The standard InChI is InChI=1S/C4H7N3O2/c1-2-6-4(8)7(9)3-5/h7H,2H2,1H3,(H,6,8). The van der Waals surface area contributed by atoms with Gasteiger partial charge in [0.1, 0.15) is 0 Å². The molecule has 0 heterocycles. The van der Waals surface area contributed by atoms with E-state index in [0.29, 0.717) is 6.54 Å². The van der Waals surface area contributed by atoms with Gasteiger partial charge in [0.05, 0.1) is 0 Å². The molecule has 0 aromatic carbocycles. The molecule has 0 aliphatic heterocycles. The molecule has 9 heavy (non-hydrogen) atoms. The zero-order valence-corrected chi connectivity index (χ0v) is 4.97. The van der Waals surface area contributed by atoms with Crippen LogP contribution in [0.25, 0.3) is 0 Å².